The highest BCUT2D eigenvalue weighted by atomic mass is 35.5. The van der Waals surface area contributed by atoms with Crippen LogP contribution in [0.3, 0.4) is 0 Å². The van der Waals surface area contributed by atoms with Crippen LogP contribution in [0.5, 0.6) is 5.75 Å². The molecule has 0 spiro atoms. The first-order chi connectivity index (χ1) is 9.10. The van der Waals surface area contributed by atoms with E-state index in [4.69, 9.17) is 33.7 Å². The fourth-order valence-corrected chi connectivity index (χ4v) is 2.30. The number of hydrogen-bond donors (Lipinski definition) is 1. The highest BCUT2D eigenvalue weighted by Crippen LogP contribution is 2.26. The third-order valence-corrected chi connectivity index (χ3v) is 3.60. The van der Waals surface area contributed by atoms with Crippen molar-refractivity contribution in [1.29, 1.82) is 0 Å². The molecule has 0 aliphatic rings. The average molecular weight is 296 g/mol. The molecule has 100 valence electrons. The molecule has 2 aromatic carbocycles. The Labute approximate surface area is 123 Å². The van der Waals surface area contributed by atoms with Crippen molar-refractivity contribution in [3.05, 3.63) is 63.6 Å². The van der Waals surface area contributed by atoms with Crippen LogP contribution in [-0.4, -0.2) is 7.11 Å². The quantitative estimate of drug-likeness (QED) is 0.915. The van der Waals surface area contributed by atoms with E-state index >= 15 is 0 Å². The largest absolute Gasteiger partial charge is 0.497 e. The lowest BCUT2D eigenvalue weighted by Gasteiger charge is -2.14. The number of nitrogens with two attached hydrogens (primary N) is 1. The van der Waals surface area contributed by atoms with Crippen LogP contribution in [0.25, 0.3) is 0 Å². The highest BCUT2D eigenvalue weighted by molar-refractivity contribution is 6.33. The summed E-state index contributed by atoms with van der Waals surface area (Å²) in [4.78, 5) is 0. The monoisotopic (exact) mass is 295 g/mol. The maximum Gasteiger partial charge on any atom is 0.118 e. The summed E-state index contributed by atoms with van der Waals surface area (Å²) in [6.07, 6.45) is 0.645. The Morgan fingerprint density at radius 3 is 2.42 bits per heavy atom. The molecule has 2 nitrogen and oxygen atoms in total. The second-order valence-electron chi connectivity index (χ2n) is 4.32. The Hall–Kier alpha value is -1.22. The minimum atomic E-state index is -0.123. The topological polar surface area (TPSA) is 35.2 Å². The van der Waals surface area contributed by atoms with E-state index in [2.05, 4.69) is 0 Å². The maximum atomic E-state index is 6.19. The fourth-order valence-electron chi connectivity index (χ4n) is 1.91. The molecule has 0 saturated heterocycles. The summed E-state index contributed by atoms with van der Waals surface area (Å²) in [5.74, 6) is 0.816. The second-order valence-corrected chi connectivity index (χ2v) is 5.16. The molecule has 0 aliphatic carbocycles. The summed E-state index contributed by atoms with van der Waals surface area (Å²) in [5, 5.41) is 1.36. The lowest BCUT2D eigenvalue weighted by Crippen LogP contribution is -2.13. The smallest absolute Gasteiger partial charge is 0.118 e. The average Bonchev–Trinajstić information content (AvgIpc) is 2.43. The Morgan fingerprint density at radius 1 is 1.11 bits per heavy atom. The van der Waals surface area contributed by atoms with E-state index in [0.717, 1.165) is 16.9 Å². The molecule has 4 heteroatoms. The highest BCUT2D eigenvalue weighted by Gasteiger charge is 2.10. The molecule has 0 aromatic heterocycles. The van der Waals surface area contributed by atoms with Crippen LogP contribution in [0.15, 0.2) is 42.5 Å². The van der Waals surface area contributed by atoms with Gasteiger partial charge in [-0.05, 0) is 47.9 Å². The summed E-state index contributed by atoms with van der Waals surface area (Å²) in [5.41, 5.74) is 8.19. The lowest BCUT2D eigenvalue weighted by molar-refractivity contribution is 0.414. The van der Waals surface area contributed by atoms with Gasteiger partial charge in [0.15, 0.2) is 0 Å². The van der Waals surface area contributed by atoms with Gasteiger partial charge in [-0.3, -0.25) is 0 Å². The van der Waals surface area contributed by atoms with Gasteiger partial charge in [-0.15, -0.1) is 0 Å². The van der Waals surface area contributed by atoms with E-state index in [0.29, 0.717) is 16.5 Å². The maximum absolute atomic E-state index is 6.19. The predicted octanol–water partition coefficient (Wildman–Crippen LogP) is 4.24. The lowest BCUT2D eigenvalue weighted by atomic mass is 9.99. The van der Waals surface area contributed by atoms with Gasteiger partial charge in [0, 0.05) is 16.1 Å². The zero-order valence-electron chi connectivity index (χ0n) is 10.6. The molecule has 0 heterocycles. The SMILES string of the molecule is COc1ccc(C(N)Cc2cc(Cl)ccc2Cl)cc1. The second kappa shape index (κ2) is 6.29. The van der Waals surface area contributed by atoms with Gasteiger partial charge < -0.3 is 10.5 Å². The molecule has 0 aliphatic heterocycles. The summed E-state index contributed by atoms with van der Waals surface area (Å²) >= 11 is 12.1. The van der Waals surface area contributed by atoms with Gasteiger partial charge in [0.05, 0.1) is 7.11 Å². The first-order valence-electron chi connectivity index (χ1n) is 5.93. The molecule has 1 atom stereocenters. The molecule has 2 aromatic rings. The van der Waals surface area contributed by atoms with Crippen LogP contribution in [0.2, 0.25) is 10.0 Å². The van der Waals surface area contributed by atoms with Gasteiger partial charge in [0.1, 0.15) is 5.75 Å². The first kappa shape index (κ1) is 14.2. The van der Waals surface area contributed by atoms with Crippen LogP contribution < -0.4 is 10.5 Å². The molecule has 0 saturated carbocycles. The molecular weight excluding hydrogens is 281 g/mol. The Kier molecular flexibility index (Phi) is 4.70. The van der Waals surface area contributed by atoms with Crippen molar-refractivity contribution in [2.24, 2.45) is 5.73 Å². The van der Waals surface area contributed by atoms with Crippen molar-refractivity contribution >= 4 is 23.2 Å². The molecule has 2 rings (SSSR count). The molecule has 0 amide bonds. The van der Waals surface area contributed by atoms with E-state index < -0.39 is 0 Å². The standard InChI is InChI=1S/C15H15Cl2NO/c1-19-13-5-2-10(3-6-13)15(18)9-11-8-12(16)4-7-14(11)17/h2-8,15H,9,18H2,1H3. The van der Waals surface area contributed by atoms with E-state index in [-0.39, 0.29) is 6.04 Å². The van der Waals surface area contributed by atoms with E-state index in [9.17, 15) is 0 Å². The van der Waals surface area contributed by atoms with Crippen LogP contribution in [-0.2, 0) is 6.42 Å². The molecule has 19 heavy (non-hydrogen) atoms. The van der Waals surface area contributed by atoms with E-state index in [1.807, 2.05) is 30.3 Å². The summed E-state index contributed by atoms with van der Waals surface area (Å²) in [6.45, 7) is 0. The van der Waals surface area contributed by atoms with Crippen molar-refractivity contribution in [2.75, 3.05) is 7.11 Å². The molecule has 2 N–H and O–H groups in total. The number of benzene rings is 2. The normalized spacial score (nSPS) is 12.2. The number of rotatable bonds is 4. The van der Waals surface area contributed by atoms with Crippen LogP contribution >= 0.6 is 23.2 Å². The van der Waals surface area contributed by atoms with Crippen LogP contribution in [0, 0.1) is 0 Å². The summed E-state index contributed by atoms with van der Waals surface area (Å²) in [6, 6.07) is 13.0. The summed E-state index contributed by atoms with van der Waals surface area (Å²) in [7, 11) is 1.64. The third-order valence-electron chi connectivity index (χ3n) is 2.99. The zero-order valence-corrected chi connectivity index (χ0v) is 12.1. The van der Waals surface area contributed by atoms with Gasteiger partial charge >= 0.3 is 0 Å². The molecular formula is C15H15Cl2NO. The fraction of sp³-hybridized carbons (Fsp3) is 0.200. The number of methoxy groups -OCH3 is 1. The Balaban J connectivity index is 2.15. The van der Waals surface area contributed by atoms with E-state index in [1.165, 1.54) is 0 Å². The van der Waals surface area contributed by atoms with Crippen molar-refractivity contribution in [2.45, 2.75) is 12.5 Å². The minimum Gasteiger partial charge on any atom is -0.497 e. The van der Waals surface area contributed by atoms with Gasteiger partial charge in [0.25, 0.3) is 0 Å². The first-order valence-corrected chi connectivity index (χ1v) is 6.69. The number of halogens is 2. The van der Waals surface area contributed by atoms with Crippen LogP contribution in [0.4, 0.5) is 0 Å². The number of hydrogen-bond acceptors (Lipinski definition) is 2. The third kappa shape index (κ3) is 3.63. The summed E-state index contributed by atoms with van der Waals surface area (Å²) < 4.78 is 5.12. The number of ether oxygens (including phenoxy) is 1. The van der Waals surface area contributed by atoms with Gasteiger partial charge in [-0.1, -0.05) is 35.3 Å². The van der Waals surface area contributed by atoms with Crippen molar-refractivity contribution in [1.82, 2.24) is 0 Å². The molecule has 1 unspecified atom stereocenters. The molecule has 0 radical (unpaired) electrons. The van der Waals surface area contributed by atoms with Crippen molar-refractivity contribution < 1.29 is 4.74 Å². The Morgan fingerprint density at radius 2 is 1.79 bits per heavy atom. The zero-order chi connectivity index (χ0) is 13.8. The van der Waals surface area contributed by atoms with E-state index in [1.54, 1.807) is 19.2 Å². The minimum absolute atomic E-state index is 0.123. The van der Waals surface area contributed by atoms with Gasteiger partial charge in [-0.2, -0.15) is 0 Å². The van der Waals surface area contributed by atoms with Gasteiger partial charge in [0.2, 0.25) is 0 Å². The molecule has 0 fully saturated rings. The predicted molar refractivity (Wildman–Crippen MR) is 80.1 cm³/mol. The molecule has 0 bridgehead atoms. The van der Waals surface area contributed by atoms with Crippen molar-refractivity contribution in [3.8, 4) is 5.75 Å². The van der Waals surface area contributed by atoms with Crippen molar-refractivity contribution in [3.63, 3.8) is 0 Å². The van der Waals surface area contributed by atoms with Crippen LogP contribution in [0.1, 0.15) is 17.2 Å². The van der Waals surface area contributed by atoms with Gasteiger partial charge in [-0.25, -0.2) is 0 Å². The Bertz CT molecular complexity index is 555.